The lowest BCUT2D eigenvalue weighted by atomic mass is 10.2. The van der Waals surface area contributed by atoms with Gasteiger partial charge in [-0.15, -0.1) is 0 Å². The van der Waals surface area contributed by atoms with Crippen molar-refractivity contribution in [2.45, 2.75) is 26.3 Å². The molecule has 1 atom stereocenters. The maximum atomic E-state index is 11.5. The third-order valence-electron chi connectivity index (χ3n) is 2.20. The van der Waals surface area contributed by atoms with Crippen LogP contribution in [0.15, 0.2) is 23.1 Å². The van der Waals surface area contributed by atoms with Gasteiger partial charge in [-0.1, -0.05) is 6.92 Å². The summed E-state index contributed by atoms with van der Waals surface area (Å²) in [5.41, 5.74) is 0.0228. The van der Waals surface area contributed by atoms with E-state index in [9.17, 15) is 9.59 Å². The van der Waals surface area contributed by atoms with E-state index in [0.29, 0.717) is 6.29 Å². The number of hydrogen-bond acceptors (Lipinski definition) is 2. The number of rotatable bonds is 3. The van der Waals surface area contributed by atoms with Crippen LogP contribution in [0, 0.1) is 0 Å². The summed E-state index contributed by atoms with van der Waals surface area (Å²) < 4.78 is 1.59. The summed E-state index contributed by atoms with van der Waals surface area (Å²) in [5, 5.41) is 0. The molecule has 3 heteroatoms. The van der Waals surface area contributed by atoms with E-state index in [1.807, 2.05) is 13.8 Å². The van der Waals surface area contributed by atoms with Gasteiger partial charge in [-0.3, -0.25) is 9.59 Å². The molecule has 0 aliphatic rings. The fourth-order valence-corrected chi connectivity index (χ4v) is 1.16. The zero-order valence-electron chi connectivity index (χ0n) is 7.86. The van der Waals surface area contributed by atoms with Gasteiger partial charge in [0, 0.05) is 12.2 Å². The second-order valence-corrected chi connectivity index (χ2v) is 3.05. The van der Waals surface area contributed by atoms with Crippen molar-refractivity contribution < 1.29 is 4.79 Å². The number of hydrogen-bond donors (Lipinski definition) is 0. The minimum atomic E-state index is -0.202. The van der Waals surface area contributed by atoms with Crippen molar-refractivity contribution in [1.29, 1.82) is 0 Å². The Bertz CT molecular complexity index is 354. The molecule has 0 saturated heterocycles. The number of aldehydes is 1. The van der Waals surface area contributed by atoms with Crippen molar-refractivity contribution in [3.8, 4) is 0 Å². The standard InChI is InChI=1S/C10H13NO2/c1-3-8(2)11-6-4-5-9(7-12)10(11)13/h4-8H,3H2,1-2H3. The highest BCUT2D eigenvalue weighted by atomic mass is 16.1. The van der Waals surface area contributed by atoms with Crippen LogP contribution in [0.25, 0.3) is 0 Å². The molecule has 0 aliphatic carbocycles. The summed E-state index contributed by atoms with van der Waals surface area (Å²) in [6.07, 6.45) is 3.19. The number of aromatic nitrogens is 1. The molecule has 1 rings (SSSR count). The van der Waals surface area contributed by atoms with E-state index in [-0.39, 0.29) is 17.2 Å². The Kier molecular flexibility index (Phi) is 3.01. The van der Waals surface area contributed by atoms with Gasteiger partial charge >= 0.3 is 0 Å². The summed E-state index contributed by atoms with van der Waals surface area (Å²) in [4.78, 5) is 22.0. The molecule has 13 heavy (non-hydrogen) atoms. The Hall–Kier alpha value is -1.38. The van der Waals surface area contributed by atoms with Crippen LogP contribution in [0.1, 0.15) is 36.7 Å². The van der Waals surface area contributed by atoms with Gasteiger partial charge in [-0.2, -0.15) is 0 Å². The smallest absolute Gasteiger partial charge is 0.261 e. The Morgan fingerprint density at radius 1 is 1.62 bits per heavy atom. The molecule has 3 nitrogen and oxygen atoms in total. The Labute approximate surface area is 77.0 Å². The van der Waals surface area contributed by atoms with Crippen LogP contribution >= 0.6 is 0 Å². The third-order valence-corrected chi connectivity index (χ3v) is 2.20. The van der Waals surface area contributed by atoms with Crippen LogP contribution in [0.2, 0.25) is 0 Å². The minimum absolute atomic E-state index is 0.146. The van der Waals surface area contributed by atoms with Crippen LogP contribution < -0.4 is 5.56 Å². The molecule has 0 aliphatic heterocycles. The first-order valence-electron chi connectivity index (χ1n) is 4.37. The van der Waals surface area contributed by atoms with Crippen LogP contribution in [-0.4, -0.2) is 10.9 Å². The van der Waals surface area contributed by atoms with Gasteiger partial charge in [-0.25, -0.2) is 0 Å². The van der Waals surface area contributed by atoms with Gasteiger partial charge in [-0.05, 0) is 25.5 Å². The molecule has 0 amide bonds. The van der Waals surface area contributed by atoms with E-state index in [4.69, 9.17) is 0 Å². The quantitative estimate of drug-likeness (QED) is 0.661. The number of carbonyl (C=O) groups excluding carboxylic acids is 1. The Morgan fingerprint density at radius 3 is 2.85 bits per heavy atom. The number of nitrogens with zero attached hydrogens (tertiary/aromatic N) is 1. The highest BCUT2D eigenvalue weighted by Crippen LogP contribution is 2.05. The van der Waals surface area contributed by atoms with E-state index in [1.54, 1.807) is 16.8 Å². The molecular formula is C10H13NO2. The lowest BCUT2D eigenvalue weighted by molar-refractivity contribution is 0.112. The van der Waals surface area contributed by atoms with Gasteiger partial charge in [0.15, 0.2) is 6.29 Å². The highest BCUT2D eigenvalue weighted by molar-refractivity contribution is 5.73. The third kappa shape index (κ3) is 1.86. The highest BCUT2D eigenvalue weighted by Gasteiger charge is 2.05. The van der Waals surface area contributed by atoms with Gasteiger partial charge in [0.05, 0.1) is 5.56 Å². The number of pyridine rings is 1. The largest absolute Gasteiger partial charge is 0.312 e. The van der Waals surface area contributed by atoms with E-state index >= 15 is 0 Å². The van der Waals surface area contributed by atoms with E-state index in [2.05, 4.69) is 0 Å². The molecule has 0 aromatic carbocycles. The van der Waals surface area contributed by atoms with Crippen LogP contribution in [0.5, 0.6) is 0 Å². The first kappa shape index (κ1) is 9.71. The minimum Gasteiger partial charge on any atom is -0.312 e. The second-order valence-electron chi connectivity index (χ2n) is 3.05. The van der Waals surface area contributed by atoms with Crippen molar-refractivity contribution in [3.63, 3.8) is 0 Å². The molecule has 70 valence electrons. The lowest BCUT2D eigenvalue weighted by Gasteiger charge is -2.12. The fourth-order valence-electron chi connectivity index (χ4n) is 1.16. The van der Waals surface area contributed by atoms with Crippen LogP contribution in [0.4, 0.5) is 0 Å². The Balaban J connectivity index is 3.23. The number of carbonyl (C=O) groups is 1. The topological polar surface area (TPSA) is 39.1 Å². The average molecular weight is 179 g/mol. The van der Waals surface area contributed by atoms with Gasteiger partial charge in [0.2, 0.25) is 0 Å². The van der Waals surface area contributed by atoms with E-state index in [1.165, 1.54) is 6.07 Å². The average Bonchev–Trinajstić information content (AvgIpc) is 2.17. The Morgan fingerprint density at radius 2 is 2.31 bits per heavy atom. The summed E-state index contributed by atoms with van der Waals surface area (Å²) in [7, 11) is 0. The summed E-state index contributed by atoms with van der Waals surface area (Å²) >= 11 is 0. The molecule has 0 fully saturated rings. The molecule has 1 heterocycles. The summed E-state index contributed by atoms with van der Waals surface area (Å²) in [6.45, 7) is 3.96. The molecular weight excluding hydrogens is 166 g/mol. The molecule has 1 aromatic rings. The summed E-state index contributed by atoms with van der Waals surface area (Å²) in [5.74, 6) is 0. The lowest BCUT2D eigenvalue weighted by Crippen LogP contribution is -2.25. The maximum absolute atomic E-state index is 11.5. The monoisotopic (exact) mass is 179 g/mol. The molecule has 0 spiro atoms. The maximum Gasteiger partial charge on any atom is 0.261 e. The zero-order valence-corrected chi connectivity index (χ0v) is 7.86. The fraction of sp³-hybridized carbons (Fsp3) is 0.400. The van der Waals surface area contributed by atoms with Gasteiger partial charge in [0.25, 0.3) is 5.56 Å². The molecule has 0 radical (unpaired) electrons. The summed E-state index contributed by atoms with van der Waals surface area (Å²) in [6, 6.07) is 3.40. The van der Waals surface area contributed by atoms with Crippen LogP contribution in [0.3, 0.4) is 0 Å². The first-order valence-corrected chi connectivity index (χ1v) is 4.37. The molecule has 1 unspecified atom stereocenters. The van der Waals surface area contributed by atoms with E-state index in [0.717, 1.165) is 6.42 Å². The first-order chi connectivity index (χ1) is 6.20. The normalized spacial score (nSPS) is 12.5. The SMILES string of the molecule is CCC(C)n1cccc(C=O)c1=O. The molecule has 0 bridgehead atoms. The van der Waals surface area contributed by atoms with Crippen molar-refractivity contribution >= 4 is 6.29 Å². The zero-order chi connectivity index (χ0) is 9.84. The molecule has 0 saturated carbocycles. The van der Waals surface area contributed by atoms with Crippen molar-refractivity contribution in [3.05, 3.63) is 34.2 Å². The van der Waals surface area contributed by atoms with Gasteiger partial charge in [0.1, 0.15) is 0 Å². The van der Waals surface area contributed by atoms with Crippen molar-refractivity contribution in [1.82, 2.24) is 4.57 Å². The molecule has 1 aromatic heterocycles. The van der Waals surface area contributed by atoms with E-state index < -0.39 is 0 Å². The second kappa shape index (κ2) is 4.03. The van der Waals surface area contributed by atoms with Crippen molar-refractivity contribution in [2.75, 3.05) is 0 Å². The van der Waals surface area contributed by atoms with Crippen LogP contribution in [-0.2, 0) is 0 Å². The van der Waals surface area contributed by atoms with Crippen molar-refractivity contribution in [2.24, 2.45) is 0 Å². The predicted octanol–water partition coefficient (Wildman–Crippen LogP) is 1.63. The van der Waals surface area contributed by atoms with Gasteiger partial charge < -0.3 is 4.57 Å². The predicted molar refractivity (Wildman–Crippen MR) is 51.1 cm³/mol. The molecule has 0 N–H and O–H groups in total.